The molecule has 0 bridgehead atoms. The second kappa shape index (κ2) is 12.0. The summed E-state index contributed by atoms with van der Waals surface area (Å²) in [4.78, 5) is 0. The molecule has 10 heteroatoms. The van der Waals surface area contributed by atoms with E-state index in [1.807, 2.05) is 6.07 Å². The number of aliphatic hydroxyl groups is 1. The van der Waals surface area contributed by atoms with Crippen LogP contribution in [0.4, 0.5) is 8.78 Å². The number of hydrogen-bond donors (Lipinski definition) is 5. The monoisotopic (exact) mass is 516 g/mol. The number of nitrogens with zero attached hydrogens (tertiary/aromatic N) is 3. The second-order valence-electron chi connectivity index (χ2n) is 10.8. The summed E-state index contributed by atoms with van der Waals surface area (Å²) in [5.41, 5.74) is 2.83. The van der Waals surface area contributed by atoms with Gasteiger partial charge in [0, 0.05) is 18.2 Å². The minimum Gasteiger partial charge on any atom is -0.411 e. The standard InChI is InChI=1S/C27H38F2N6O2/c1-26(2,3)19-5-4-6-20(14-19)27(9-7-23(34-37)8-10-27)32-16-25(36)24(35(31)17-33-30)13-18-11-21(28)15-22(29)12-18/h4-6,11-12,14-15,17,24-25,32,36-37H,7-10,13,16,30-31H2,1-3H3/b33-17-,34-23?. The summed E-state index contributed by atoms with van der Waals surface area (Å²) < 4.78 is 27.6. The lowest BCUT2D eigenvalue weighted by Crippen LogP contribution is -2.55. The third-order valence-electron chi connectivity index (χ3n) is 7.15. The molecule has 1 saturated carbocycles. The third-order valence-corrected chi connectivity index (χ3v) is 7.15. The van der Waals surface area contributed by atoms with Gasteiger partial charge in [-0.05, 0) is 66.3 Å². The molecule has 0 saturated heterocycles. The van der Waals surface area contributed by atoms with Crippen LogP contribution in [0.5, 0.6) is 0 Å². The Morgan fingerprint density at radius 2 is 1.78 bits per heavy atom. The molecule has 3 rings (SSSR count). The van der Waals surface area contributed by atoms with Crippen molar-refractivity contribution in [2.75, 3.05) is 6.54 Å². The zero-order valence-corrected chi connectivity index (χ0v) is 21.7. The van der Waals surface area contributed by atoms with Gasteiger partial charge in [-0.3, -0.25) is 5.01 Å². The highest BCUT2D eigenvalue weighted by Gasteiger charge is 2.37. The largest absolute Gasteiger partial charge is 0.411 e. The molecule has 0 amide bonds. The molecule has 1 aliphatic rings. The first-order valence-electron chi connectivity index (χ1n) is 12.4. The van der Waals surface area contributed by atoms with Crippen LogP contribution in [0, 0.1) is 11.6 Å². The molecule has 202 valence electrons. The lowest BCUT2D eigenvalue weighted by atomic mass is 9.74. The molecule has 0 aromatic heterocycles. The van der Waals surface area contributed by atoms with Crippen molar-refractivity contribution < 1.29 is 19.1 Å². The summed E-state index contributed by atoms with van der Waals surface area (Å²) in [6.07, 6.45) is 2.74. The van der Waals surface area contributed by atoms with Crippen molar-refractivity contribution in [3.63, 3.8) is 0 Å². The van der Waals surface area contributed by atoms with Crippen molar-refractivity contribution in [2.24, 2.45) is 21.9 Å². The van der Waals surface area contributed by atoms with Gasteiger partial charge in [0.2, 0.25) is 0 Å². The molecule has 0 spiro atoms. The number of rotatable bonds is 9. The predicted molar refractivity (Wildman–Crippen MR) is 141 cm³/mol. The normalized spacial score (nSPS) is 20.1. The summed E-state index contributed by atoms with van der Waals surface area (Å²) in [5, 5.41) is 32.1. The zero-order valence-electron chi connectivity index (χ0n) is 21.7. The molecule has 1 fully saturated rings. The van der Waals surface area contributed by atoms with Gasteiger partial charge in [-0.25, -0.2) is 14.6 Å². The van der Waals surface area contributed by atoms with Crippen LogP contribution in [0.3, 0.4) is 0 Å². The lowest BCUT2D eigenvalue weighted by Gasteiger charge is -2.41. The topological polar surface area (TPSA) is 132 Å². The average molecular weight is 517 g/mol. The maximum atomic E-state index is 13.8. The van der Waals surface area contributed by atoms with Crippen LogP contribution in [0.15, 0.2) is 52.7 Å². The Morgan fingerprint density at radius 1 is 1.14 bits per heavy atom. The second-order valence-corrected chi connectivity index (χ2v) is 10.8. The molecule has 2 aromatic carbocycles. The van der Waals surface area contributed by atoms with Gasteiger partial charge in [0.1, 0.15) is 18.0 Å². The minimum absolute atomic E-state index is 0.0456. The van der Waals surface area contributed by atoms with Gasteiger partial charge in [-0.15, -0.1) is 0 Å². The number of hydrogen-bond acceptors (Lipinski definition) is 7. The van der Waals surface area contributed by atoms with Gasteiger partial charge in [0.15, 0.2) is 0 Å². The van der Waals surface area contributed by atoms with E-state index in [0.29, 0.717) is 31.2 Å². The first-order chi connectivity index (χ1) is 17.5. The number of hydrazine groups is 1. The number of nitrogens with one attached hydrogen (secondary N) is 1. The van der Waals surface area contributed by atoms with E-state index in [4.69, 9.17) is 11.7 Å². The van der Waals surface area contributed by atoms with Crippen LogP contribution in [0.2, 0.25) is 0 Å². The average Bonchev–Trinajstić information content (AvgIpc) is 2.85. The SMILES string of the molecule is CC(C)(C)c1cccc(C2(NCC(O)C(Cc3cc(F)cc(F)c3)N(N)/C=N\N)CCC(=NO)CC2)c1. The fourth-order valence-electron chi connectivity index (χ4n) is 4.93. The molecule has 8 nitrogen and oxygen atoms in total. The number of nitrogens with two attached hydrogens (primary N) is 2. The number of halogens is 2. The Labute approximate surface area is 217 Å². The summed E-state index contributed by atoms with van der Waals surface area (Å²) in [7, 11) is 0. The van der Waals surface area contributed by atoms with Gasteiger partial charge < -0.3 is 21.5 Å². The van der Waals surface area contributed by atoms with E-state index in [2.05, 4.69) is 54.5 Å². The Morgan fingerprint density at radius 3 is 2.35 bits per heavy atom. The molecule has 7 N–H and O–H groups in total. The maximum Gasteiger partial charge on any atom is 0.126 e. The van der Waals surface area contributed by atoms with Crippen molar-refractivity contribution in [1.82, 2.24) is 10.3 Å². The first-order valence-corrected chi connectivity index (χ1v) is 12.4. The molecular formula is C27H38F2N6O2. The predicted octanol–water partition coefficient (Wildman–Crippen LogP) is 3.50. The van der Waals surface area contributed by atoms with Crippen LogP contribution in [0.1, 0.15) is 63.1 Å². The van der Waals surface area contributed by atoms with Gasteiger partial charge in [-0.1, -0.05) is 50.2 Å². The summed E-state index contributed by atoms with van der Waals surface area (Å²) >= 11 is 0. The lowest BCUT2D eigenvalue weighted by molar-refractivity contribution is 0.0732. The van der Waals surface area contributed by atoms with Crippen molar-refractivity contribution >= 4 is 12.1 Å². The van der Waals surface area contributed by atoms with Crippen LogP contribution >= 0.6 is 0 Å². The minimum atomic E-state index is -1.04. The van der Waals surface area contributed by atoms with Crippen molar-refractivity contribution in [3.05, 3.63) is 70.8 Å². The van der Waals surface area contributed by atoms with Crippen molar-refractivity contribution in [1.29, 1.82) is 0 Å². The molecule has 2 aromatic rings. The van der Waals surface area contributed by atoms with Gasteiger partial charge in [0.25, 0.3) is 0 Å². The molecule has 0 heterocycles. The number of aliphatic hydroxyl groups excluding tert-OH is 1. The fraction of sp³-hybridized carbons (Fsp3) is 0.481. The molecule has 2 atom stereocenters. The van der Waals surface area contributed by atoms with E-state index in [1.54, 1.807) is 0 Å². The Hall–Kier alpha value is -3.08. The third kappa shape index (κ3) is 7.24. The Bertz CT molecular complexity index is 1090. The smallest absolute Gasteiger partial charge is 0.126 e. The Balaban J connectivity index is 1.88. The first kappa shape index (κ1) is 28.5. The zero-order chi connectivity index (χ0) is 27.2. The number of oxime groups is 1. The van der Waals surface area contributed by atoms with E-state index < -0.39 is 29.3 Å². The molecule has 1 aliphatic carbocycles. The van der Waals surface area contributed by atoms with Crippen molar-refractivity contribution in [3.8, 4) is 0 Å². The van der Waals surface area contributed by atoms with Crippen LogP contribution < -0.4 is 17.0 Å². The Kier molecular flexibility index (Phi) is 9.22. The van der Waals surface area contributed by atoms with Crippen molar-refractivity contribution in [2.45, 2.75) is 76.0 Å². The summed E-state index contributed by atoms with van der Waals surface area (Å²) in [6, 6.07) is 10.8. The molecular weight excluding hydrogens is 478 g/mol. The van der Waals surface area contributed by atoms with Gasteiger partial charge in [-0.2, -0.15) is 5.10 Å². The molecule has 2 unspecified atom stereocenters. The number of hydrazone groups is 1. The highest BCUT2D eigenvalue weighted by atomic mass is 19.1. The molecule has 37 heavy (non-hydrogen) atoms. The quantitative estimate of drug-likeness (QED) is 0.114. The highest BCUT2D eigenvalue weighted by molar-refractivity contribution is 5.85. The maximum absolute atomic E-state index is 13.8. The summed E-state index contributed by atoms with van der Waals surface area (Å²) in [6.45, 7) is 6.60. The van der Waals surface area contributed by atoms with E-state index in [1.165, 1.54) is 17.7 Å². The number of benzene rings is 2. The highest BCUT2D eigenvalue weighted by Crippen LogP contribution is 2.38. The molecule has 0 aliphatic heterocycles. The fourth-order valence-corrected chi connectivity index (χ4v) is 4.93. The van der Waals surface area contributed by atoms with E-state index in [-0.39, 0.29) is 18.4 Å². The van der Waals surface area contributed by atoms with Gasteiger partial charge >= 0.3 is 0 Å². The van der Waals surface area contributed by atoms with E-state index >= 15 is 0 Å². The van der Waals surface area contributed by atoms with E-state index in [9.17, 15) is 19.1 Å². The van der Waals surface area contributed by atoms with Crippen LogP contribution in [0.25, 0.3) is 0 Å². The molecule has 0 radical (unpaired) electrons. The van der Waals surface area contributed by atoms with Gasteiger partial charge in [0.05, 0.1) is 17.9 Å². The van der Waals surface area contributed by atoms with E-state index in [0.717, 1.165) is 28.7 Å². The van der Waals surface area contributed by atoms with Crippen LogP contribution in [-0.4, -0.2) is 46.1 Å². The van der Waals surface area contributed by atoms with Crippen LogP contribution in [-0.2, 0) is 17.4 Å². The summed E-state index contributed by atoms with van der Waals surface area (Å²) in [5.74, 6) is 9.95.